The molecule has 0 aliphatic carbocycles. The maximum atomic E-state index is 12.9. The smallest absolute Gasteiger partial charge is 0.269 e. The van der Waals surface area contributed by atoms with Gasteiger partial charge in [0.05, 0.1) is 6.61 Å². The van der Waals surface area contributed by atoms with Crippen molar-refractivity contribution >= 4 is 69.6 Å². The van der Waals surface area contributed by atoms with Gasteiger partial charge in [-0.15, -0.1) is 0 Å². The zero-order valence-corrected chi connectivity index (χ0v) is 24.4. The number of halogens is 5. The van der Waals surface area contributed by atoms with Crippen molar-refractivity contribution in [1.82, 2.24) is 4.57 Å². The molecule has 1 heterocycles. The number of anilines is 1. The summed E-state index contributed by atoms with van der Waals surface area (Å²) in [5.41, 5.74) is 3.17. The zero-order chi connectivity index (χ0) is 27.4. The van der Waals surface area contributed by atoms with Gasteiger partial charge < -0.3 is 10.1 Å². The highest BCUT2D eigenvalue weighted by Crippen LogP contribution is 2.31. The van der Waals surface area contributed by atoms with Crippen LogP contribution in [0.5, 0.6) is 0 Å². The lowest BCUT2D eigenvalue weighted by atomic mass is 10.1. The molecule has 1 aromatic heterocycles. The van der Waals surface area contributed by atoms with Gasteiger partial charge in [0.25, 0.3) is 5.91 Å². The van der Waals surface area contributed by atoms with E-state index >= 15 is 0 Å². The maximum absolute atomic E-state index is 12.9. The van der Waals surface area contributed by atoms with Gasteiger partial charge in [-0.25, -0.2) is 9.13 Å². The number of hydrogen-bond acceptors (Lipinski definition) is 2. The van der Waals surface area contributed by atoms with Gasteiger partial charge in [-0.05, 0) is 61.4 Å². The van der Waals surface area contributed by atoms with Gasteiger partial charge in [0.2, 0.25) is 6.33 Å². The minimum atomic E-state index is -0.470. The van der Waals surface area contributed by atoms with Gasteiger partial charge in [0.15, 0.2) is 6.04 Å². The van der Waals surface area contributed by atoms with Gasteiger partial charge in [-0.2, -0.15) is 0 Å². The van der Waals surface area contributed by atoms with Gasteiger partial charge in [0.1, 0.15) is 25.0 Å². The molecule has 4 rings (SSSR count). The minimum Gasteiger partial charge on any atom is -0.365 e. The molecule has 5 nitrogen and oxygen atoms in total. The fourth-order valence-electron chi connectivity index (χ4n) is 3.82. The summed E-state index contributed by atoms with van der Waals surface area (Å²) in [6.45, 7) is 4.41. The monoisotopic (exact) mass is 610 g/mol. The first-order valence-electron chi connectivity index (χ1n) is 11.7. The molecule has 38 heavy (non-hydrogen) atoms. The number of aryl methyl sites for hydroxylation is 1. The molecule has 2 unspecified atom stereocenters. The number of carbonyl (C=O) groups is 1. The number of rotatable bonds is 9. The molecule has 0 saturated carbocycles. The van der Waals surface area contributed by atoms with Crippen LogP contribution in [0.3, 0.4) is 0 Å². The summed E-state index contributed by atoms with van der Waals surface area (Å²) in [5.74, 6) is -0.168. The Morgan fingerprint density at radius 2 is 1.66 bits per heavy atom. The van der Waals surface area contributed by atoms with Gasteiger partial charge >= 0.3 is 0 Å². The lowest BCUT2D eigenvalue weighted by Gasteiger charge is -2.19. The van der Waals surface area contributed by atoms with Crippen LogP contribution in [-0.2, 0) is 22.7 Å². The van der Waals surface area contributed by atoms with Gasteiger partial charge in [-0.1, -0.05) is 76.2 Å². The van der Waals surface area contributed by atoms with E-state index in [0.717, 1.165) is 16.7 Å². The molecule has 0 spiro atoms. The third-order valence-corrected chi connectivity index (χ3v) is 7.68. The number of hydrogen-bond donors (Lipinski definition) is 1. The van der Waals surface area contributed by atoms with E-state index in [1.807, 2.05) is 66.0 Å². The summed E-state index contributed by atoms with van der Waals surface area (Å²) in [7, 11) is 0. The number of imidazole rings is 1. The molecule has 0 bridgehead atoms. The molecule has 0 aliphatic rings. The highest BCUT2D eigenvalue weighted by atomic mass is 35.5. The molecule has 2 atom stereocenters. The van der Waals surface area contributed by atoms with Crippen molar-refractivity contribution in [2.24, 2.45) is 0 Å². The highest BCUT2D eigenvalue weighted by molar-refractivity contribution is 6.35. The largest absolute Gasteiger partial charge is 0.365 e. The SMILES string of the molecule is Cc1ccc(NC(=O)C(C)n2cc[n+](CC(OCc3ccc(Cl)cc3Cl)c3ccc(Cl)cc3Cl)c2)cc1Cl. The van der Waals surface area contributed by atoms with E-state index in [2.05, 4.69) is 5.32 Å². The number of nitrogens with one attached hydrogen (secondary N) is 1. The van der Waals surface area contributed by atoms with Crippen LogP contribution in [-0.4, -0.2) is 10.5 Å². The Hall–Kier alpha value is -2.25. The Kier molecular flexibility index (Phi) is 9.64. The summed E-state index contributed by atoms with van der Waals surface area (Å²) in [6, 6.07) is 15.5. The van der Waals surface area contributed by atoms with Crippen LogP contribution in [0.2, 0.25) is 25.1 Å². The highest BCUT2D eigenvalue weighted by Gasteiger charge is 2.24. The molecule has 10 heteroatoms. The molecule has 198 valence electrons. The number of benzene rings is 3. The van der Waals surface area contributed by atoms with Crippen molar-refractivity contribution in [2.75, 3.05) is 5.32 Å². The minimum absolute atomic E-state index is 0.168. The summed E-state index contributed by atoms with van der Waals surface area (Å²) in [5, 5.41) is 5.61. The van der Waals surface area contributed by atoms with Gasteiger partial charge in [-0.3, -0.25) is 4.79 Å². The van der Waals surface area contributed by atoms with Gasteiger partial charge in [0, 0.05) is 36.4 Å². The number of nitrogens with zero attached hydrogens (tertiary/aromatic N) is 2. The second-order valence-electron chi connectivity index (χ2n) is 8.89. The molecule has 3 aromatic carbocycles. The second kappa shape index (κ2) is 12.7. The number of ether oxygens (including phenoxy) is 1. The normalized spacial score (nSPS) is 12.8. The Labute approximate surface area is 246 Å². The van der Waals surface area contributed by atoms with Crippen molar-refractivity contribution in [1.29, 1.82) is 0 Å². The molecule has 1 amide bonds. The van der Waals surface area contributed by atoms with E-state index in [-0.39, 0.29) is 12.5 Å². The van der Waals surface area contributed by atoms with E-state index in [1.54, 1.807) is 30.3 Å². The first kappa shape index (κ1) is 28.8. The molecule has 1 N–H and O–H groups in total. The van der Waals surface area contributed by atoms with Crippen LogP contribution in [0, 0.1) is 6.92 Å². The molecular formula is C28H25Cl5N3O2+. The van der Waals surface area contributed by atoms with Crippen LogP contribution >= 0.6 is 58.0 Å². The summed E-state index contributed by atoms with van der Waals surface area (Å²) < 4.78 is 10.1. The molecule has 0 fully saturated rings. The predicted octanol–water partition coefficient (Wildman–Crippen LogP) is 8.51. The third-order valence-electron chi connectivity index (χ3n) is 6.12. The average molecular weight is 613 g/mol. The Balaban J connectivity index is 1.50. The zero-order valence-electron chi connectivity index (χ0n) is 20.6. The first-order chi connectivity index (χ1) is 18.1. The van der Waals surface area contributed by atoms with E-state index in [1.165, 1.54) is 0 Å². The third kappa shape index (κ3) is 7.23. The summed E-state index contributed by atoms with van der Waals surface area (Å²) in [6.07, 6.45) is 5.14. The lowest BCUT2D eigenvalue weighted by molar-refractivity contribution is -0.705. The van der Waals surface area contributed by atoms with E-state index in [9.17, 15) is 4.79 Å². The van der Waals surface area contributed by atoms with Crippen molar-refractivity contribution in [3.8, 4) is 0 Å². The van der Waals surface area contributed by atoms with Crippen LogP contribution in [0.25, 0.3) is 0 Å². The van der Waals surface area contributed by atoms with Crippen LogP contribution < -0.4 is 9.88 Å². The van der Waals surface area contributed by atoms with Crippen LogP contribution in [0.15, 0.2) is 73.3 Å². The first-order valence-corrected chi connectivity index (χ1v) is 13.6. The van der Waals surface area contributed by atoms with Crippen molar-refractivity contribution in [3.63, 3.8) is 0 Å². The molecule has 0 radical (unpaired) electrons. The predicted molar refractivity (Wildman–Crippen MR) is 155 cm³/mol. The Morgan fingerprint density at radius 3 is 2.34 bits per heavy atom. The quantitative estimate of drug-likeness (QED) is 0.193. The molecule has 4 aromatic rings. The fraction of sp³-hybridized carbons (Fsp3) is 0.214. The number of carbonyl (C=O) groups excluding carboxylic acids is 1. The topological polar surface area (TPSA) is 47.1 Å². The summed E-state index contributed by atoms with van der Waals surface area (Å²) >= 11 is 31.2. The van der Waals surface area contributed by atoms with Crippen molar-refractivity contribution in [3.05, 3.63) is 115 Å². The van der Waals surface area contributed by atoms with Crippen molar-refractivity contribution in [2.45, 2.75) is 39.1 Å². The second-order valence-corrected chi connectivity index (χ2v) is 11.0. The van der Waals surface area contributed by atoms with Crippen molar-refractivity contribution < 1.29 is 14.1 Å². The van der Waals surface area contributed by atoms with Crippen LogP contribution in [0.1, 0.15) is 35.8 Å². The average Bonchev–Trinajstić information content (AvgIpc) is 3.33. The number of amides is 1. The molecule has 0 saturated heterocycles. The van der Waals surface area contributed by atoms with E-state index in [0.29, 0.717) is 37.3 Å². The van der Waals surface area contributed by atoms with Crippen LogP contribution in [0.4, 0.5) is 5.69 Å². The lowest BCUT2D eigenvalue weighted by Crippen LogP contribution is -2.36. The van der Waals surface area contributed by atoms with E-state index in [4.69, 9.17) is 62.7 Å². The summed E-state index contributed by atoms with van der Waals surface area (Å²) in [4.78, 5) is 12.9. The molecule has 0 aliphatic heterocycles. The molecular weight excluding hydrogens is 588 g/mol. The maximum Gasteiger partial charge on any atom is 0.269 e. The standard InChI is InChI=1S/C28H24Cl5N3O2/c1-17-3-7-22(13-24(17)31)34-28(37)18(2)36-10-9-35(16-36)14-27(23-8-6-21(30)12-26(23)33)38-15-19-4-5-20(29)11-25(19)32/h3-13,16,18,27H,14-15H2,1-2H3/p+1. The fourth-order valence-corrected chi connectivity index (χ4v) is 5.00. The Morgan fingerprint density at radius 1 is 0.947 bits per heavy atom. The van der Waals surface area contributed by atoms with E-state index < -0.39 is 12.1 Å². The number of aromatic nitrogens is 2. The Bertz CT molecular complexity index is 1460.